The van der Waals surface area contributed by atoms with Gasteiger partial charge in [-0.15, -0.1) is 0 Å². The Bertz CT molecular complexity index is 1060. The van der Waals surface area contributed by atoms with Gasteiger partial charge in [-0.3, -0.25) is 19.5 Å². The Labute approximate surface area is 199 Å². The molecule has 0 bridgehead atoms. The number of amides is 2. The van der Waals surface area contributed by atoms with Crippen LogP contribution < -0.4 is 0 Å². The number of hydrogen-bond acceptors (Lipinski definition) is 6. The van der Waals surface area contributed by atoms with Crippen LogP contribution >= 0.6 is 0 Å². The fourth-order valence-electron chi connectivity index (χ4n) is 3.89. The van der Waals surface area contributed by atoms with Gasteiger partial charge in [-0.2, -0.15) is 0 Å². The predicted molar refractivity (Wildman–Crippen MR) is 129 cm³/mol. The van der Waals surface area contributed by atoms with Crippen LogP contribution in [0.1, 0.15) is 28.2 Å². The molecule has 0 N–H and O–H groups in total. The highest BCUT2D eigenvalue weighted by Gasteiger charge is 2.23. The maximum absolute atomic E-state index is 12.9. The van der Waals surface area contributed by atoms with Crippen molar-refractivity contribution in [3.05, 3.63) is 90.4 Å². The lowest BCUT2D eigenvalue weighted by molar-refractivity contribution is -0.133. The molecule has 1 fully saturated rings. The van der Waals surface area contributed by atoms with Gasteiger partial charge in [-0.1, -0.05) is 42.5 Å². The summed E-state index contributed by atoms with van der Waals surface area (Å²) in [5.41, 5.74) is 1.44. The molecule has 3 aromatic rings. The normalized spacial score (nSPS) is 14.4. The van der Waals surface area contributed by atoms with Crippen molar-refractivity contribution < 1.29 is 14.0 Å². The Hall–Kier alpha value is -3.78. The fourth-order valence-corrected chi connectivity index (χ4v) is 3.89. The van der Waals surface area contributed by atoms with E-state index in [-0.39, 0.29) is 37.0 Å². The number of piperazine rings is 1. The van der Waals surface area contributed by atoms with E-state index >= 15 is 0 Å². The highest BCUT2D eigenvalue weighted by molar-refractivity contribution is 5.92. The molecule has 0 unspecified atom stereocenters. The Morgan fingerprint density at radius 1 is 1.03 bits per heavy atom. The Balaban J connectivity index is 1.26. The smallest absolute Gasteiger partial charge is 0.274 e. The molecule has 2 aromatic heterocycles. The third-order valence-electron chi connectivity index (χ3n) is 5.79. The van der Waals surface area contributed by atoms with Crippen molar-refractivity contribution in [2.45, 2.75) is 13.0 Å². The first-order valence-electron chi connectivity index (χ1n) is 11.5. The minimum Gasteiger partial charge on any atom is -0.467 e. The van der Waals surface area contributed by atoms with E-state index in [0.29, 0.717) is 18.8 Å². The van der Waals surface area contributed by atoms with Crippen LogP contribution in [-0.2, 0) is 11.3 Å². The van der Waals surface area contributed by atoms with E-state index in [1.165, 1.54) is 24.2 Å². The number of aromatic nitrogens is 2. The van der Waals surface area contributed by atoms with Crippen LogP contribution in [0.5, 0.6) is 0 Å². The highest BCUT2D eigenvalue weighted by atomic mass is 16.3. The maximum atomic E-state index is 12.9. The number of furan rings is 1. The zero-order valence-electron chi connectivity index (χ0n) is 19.1. The van der Waals surface area contributed by atoms with Gasteiger partial charge in [0.2, 0.25) is 5.91 Å². The van der Waals surface area contributed by atoms with Crippen LogP contribution in [0, 0.1) is 0 Å². The average molecular weight is 460 g/mol. The van der Waals surface area contributed by atoms with E-state index in [1.807, 2.05) is 29.2 Å². The van der Waals surface area contributed by atoms with E-state index in [9.17, 15) is 9.59 Å². The van der Waals surface area contributed by atoms with Crippen LogP contribution in [0.4, 0.5) is 0 Å². The van der Waals surface area contributed by atoms with E-state index in [0.717, 1.165) is 19.6 Å². The molecular weight excluding hydrogens is 430 g/mol. The standard InChI is InChI=1S/C26H29N5O3/c32-25(30-17-15-29(16-18-30)13-4-8-22-6-2-1-3-7-22)10-14-31(21-23-9-5-19-34-23)26(33)24-20-27-11-12-28-24/h1-9,11-12,19-20H,10,13-18,21H2/b8-4+. The molecule has 0 atom stereocenters. The molecule has 2 amide bonds. The third-order valence-corrected chi connectivity index (χ3v) is 5.79. The highest BCUT2D eigenvalue weighted by Crippen LogP contribution is 2.12. The summed E-state index contributed by atoms with van der Waals surface area (Å²) in [6, 6.07) is 13.8. The van der Waals surface area contributed by atoms with Crippen molar-refractivity contribution in [1.29, 1.82) is 0 Å². The summed E-state index contributed by atoms with van der Waals surface area (Å²) in [6.07, 6.45) is 10.5. The Morgan fingerprint density at radius 2 is 1.85 bits per heavy atom. The van der Waals surface area contributed by atoms with Crippen molar-refractivity contribution in [2.24, 2.45) is 0 Å². The molecule has 34 heavy (non-hydrogen) atoms. The second-order valence-electron chi connectivity index (χ2n) is 8.14. The molecule has 0 aliphatic carbocycles. The number of benzene rings is 1. The number of carbonyl (C=O) groups excluding carboxylic acids is 2. The first-order valence-corrected chi connectivity index (χ1v) is 11.5. The summed E-state index contributed by atoms with van der Waals surface area (Å²) in [4.78, 5) is 39.7. The minimum absolute atomic E-state index is 0.0517. The molecule has 1 aromatic carbocycles. The van der Waals surface area contributed by atoms with E-state index in [4.69, 9.17) is 4.42 Å². The largest absolute Gasteiger partial charge is 0.467 e. The molecule has 4 rings (SSSR count). The summed E-state index contributed by atoms with van der Waals surface area (Å²) in [7, 11) is 0. The maximum Gasteiger partial charge on any atom is 0.274 e. The molecule has 1 aliphatic rings. The zero-order valence-corrected chi connectivity index (χ0v) is 19.1. The van der Waals surface area contributed by atoms with Gasteiger partial charge >= 0.3 is 0 Å². The van der Waals surface area contributed by atoms with Crippen molar-refractivity contribution in [3.63, 3.8) is 0 Å². The monoisotopic (exact) mass is 459 g/mol. The van der Waals surface area contributed by atoms with Crippen LogP contribution in [0.25, 0.3) is 6.08 Å². The SMILES string of the molecule is O=C(CCN(Cc1ccco1)C(=O)c1cnccn1)N1CCN(C/C=C/c2ccccc2)CC1. The topological polar surface area (TPSA) is 82.8 Å². The quantitative estimate of drug-likeness (QED) is 0.489. The lowest BCUT2D eigenvalue weighted by Crippen LogP contribution is -2.49. The van der Waals surface area contributed by atoms with Crippen molar-refractivity contribution >= 4 is 17.9 Å². The van der Waals surface area contributed by atoms with Gasteiger partial charge in [0.1, 0.15) is 11.5 Å². The number of nitrogens with zero attached hydrogens (tertiary/aromatic N) is 5. The summed E-state index contributed by atoms with van der Waals surface area (Å²) < 4.78 is 5.41. The molecule has 1 aliphatic heterocycles. The van der Waals surface area contributed by atoms with Gasteiger partial charge < -0.3 is 14.2 Å². The van der Waals surface area contributed by atoms with Gasteiger partial charge in [-0.25, -0.2) is 4.98 Å². The van der Waals surface area contributed by atoms with Crippen LogP contribution in [-0.4, -0.2) is 75.8 Å². The molecule has 1 saturated heterocycles. The fraction of sp³-hybridized carbons (Fsp3) is 0.308. The third kappa shape index (κ3) is 6.62. The van der Waals surface area contributed by atoms with Gasteiger partial charge in [-0.05, 0) is 17.7 Å². The van der Waals surface area contributed by atoms with Crippen molar-refractivity contribution in [1.82, 2.24) is 24.7 Å². The van der Waals surface area contributed by atoms with Crippen molar-refractivity contribution in [3.8, 4) is 0 Å². The molecule has 0 spiro atoms. The lowest BCUT2D eigenvalue weighted by Gasteiger charge is -2.34. The van der Waals surface area contributed by atoms with Gasteiger partial charge in [0.05, 0.1) is 19.0 Å². The van der Waals surface area contributed by atoms with E-state index < -0.39 is 0 Å². The molecule has 8 nitrogen and oxygen atoms in total. The average Bonchev–Trinajstić information content (AvgIpc) is 3.41. The van der Waals surface area contributed by atoms with Gasteiger partial charge in [0.25, 0.3) is 5.91 Å². The van der Waals surface area contributed by atoms with Crippen LogP contribution in [0.3, 0.4) is 0 Å². The van der Waals surface area contributed by atoms with Gasteiger partial charge in [0, 0.05) is 58.1 Å². The zero-order chi connectivity index (χ0) is 23.6. The molecule has 3 heterocycles. The summed E-state index contributed by atoms with van der Waals surface area (Å²) in [6.45, 7) is 4.47. The minimum atomic E-state index is -0.271. The number of carbonyl (C=O) groups is 2. The summed E-state index contributed by atoms with van der Waals surface area (Å²) in [5.74, 6) is 0.435. The molecular formula is C26H29N5O3. The summed E-state index contributed by atoms with van der Waals surface area (Å²) >= 11 is 0. The van der Waals surface area contributed by atoms with E-state index in [1.54, 1.807) is 17.2 Å². The molecule has 176 valence electrons. The second kappa shape index (κ2) is 11.9. The first-order chi connectivity index (χ1) is 16.7. The second-order valence-corrected chi connectivity index (χ2v) is 8.14. The lowest BCUT2D eigenvalue weighted by atomic mass is 10.2. The summed E-state index contributed by atoms with van der Waals surface area (Å²) in [5, 5.41) is 0. The Morgan fingerprint density at radius 3 is 2.56 bits per heavy atom. The first kappa shape index (κ1) is 23.4. The van der Waals surface area contributed by atoms with Crippen LogP contribution in [0.15, 0.2) is 77.8 Å². The van der Waals surface area contributed by atoms with Crippen LogP contribution in [0.2, 0.25) is 0 Å². The molecule has 0 saturated carbocycles. The predicted octanol–water partition coefficient (Wildman–Crippen LogP) is 2.96. The molecule has 8 heteroatoms. The van der Waals surface area contributed by atoms with Crippen molar-refractivity contribution in [2.75, 3.05) is 39.3 Å². The number of rotatable bonds is 9. The Kier molecular flexibility index (Phi) is 8.18. The van der Waals surface area contributed by atoms with Gasteiger partial charge in [0.15, 0.2) is 0 Å². The number of hydrogen-bond donors (Lipinski definition) is 0. The molecule has 0 radical (unpaired) electrons. The van der Waals surface area contributed by atoms with E-state index in [2.05, 4.69) is 39.2 Å².